The van der Waals surface area contributed by atoms with Crippen molar-refractivity contribution >= 4 is 5.91 Å². The number of nitrogens with one attached hydrogen (secondary N) is 1. The molecule has 1 atom stereocenters. The van der Waals surface area contributed by atoms with Crippen LogP contribution in [0.2, 0.25) is 0 Å². The van der Waals surface area contributed by atoms with E-state index in [0.29, 0.717) is 12.6 Å². The number of hydrogen-bond donors (Lipinski definition) is 1. The lowest BCUT2D eigenvalue weighted by Gasteiger charge is -2.47. The topological polar surface area (TPSA) is 44.8 Å². The molecule has 134 valence electrons. The largest absolute Gasteiger partial charge is 0.457 e. The second kappa shape index (κ2) is 6.41. The van der Waals surface area contributed by atoms with Crippen LogP contribution in [0, 0.1) is 0 Å². The van der Waals surface area contributed by atoms with Crippen LogP contribution in [0.1, 0.15) is 17.0 Å². The van der Waals surface area contributed by atoms with Gasteiger partial charge >= 0.3 is 0 Å². The van der Waals surface area contributed by atoms with E-state index in [9.17, 15) is 4.79 Å². The molecule has 1 amide bonds. The number of para-hydroxylation sites is 2. The molecule has 0 saturated carbocycles. The van der Waals surface area contributed by atoms with E-state index in [1.165, 1.54) is 0 Å². The minimum atomic E-state index is -0.313. The van der Waals surface area contributed by atoms with Gasteiger partial charge in [0, 0.05) is 56.4 Å². The summed E-state index contributed by atoms with van der Waals surface area (Å²) in [6, 6.07) is 16.1. The van der Waals surface area contributed by atoms with E-state index >= 15 is 0 Å². The van der Waals surface area contributed by atoms with Crippen molar-refractivity contribution in [2.45, 2.75) is 12.0 Å². The summed E-state index contributed by atoms with van der Waals surface area (Å²) in [5, 5.41) is 3.23. The first kappa shape index (κ1) is 15.9. The van der Waals surface area contributed by atoms with E-state index in [4.69, 9.17) is 4.74 Å². The summed E-state index contributed by atoms with van der Waals surface area (Å²) in [6.45, 7) is 6.31. The Kier molecular flexibility index (Phi) is 3.91. The number of carbonyl (C=O) groups is 1. The van der Waals surface area contributed by atoms with Gasteiger partial charge < -0.3 is 10.1 Å². The van der Waals surface area contributed by atoms with Crippen molar-refractivity contribution in [3.05, 3.63) is 59.7 Å². The molecular formula is C21H23N3O2. The lowest BCUT2D eigenvalue weighted by atomic mass is 9.87. The number of benzene rings is 2. The molecule has 2 bridgehead atoms. The Hall–Kier alpha value is -2.37. The number of nitrogens with zero attached hydrogens (tertiary/aromatic N) is 2. The predicted molar refractivity (Wildman–Crippen MR) is 99.6 cm³/mol. The first-order valence-electron chi connectivity index (χ1n) is 9.39. The molecule has 3 fully saturated rings. The molecule has 5 heteroatoms. The van der Waals surface area contributed by atoms with E-state index in [2.05, 4.69) is 15.1 Å². The highest BCUT2D eigenvalue weighted by Crippen LogP contribution is 2.43. The van der Waals surface area contributed by atoms with Crippen LogP contribution < -0.4 is 10.1 Å². The number of fused-ring (bicyclic) bond motifs is 5. The van der Waals surface area contributed by atoms with Crippen LogP contribution in [-0.2, 0) is 4.79 Å². The molecule has 3 saturated heterocycles. The zero-order valence-electron chi connectivity index (χ0n) is 14.7. The number of hydrogen-bond acceptors (Lipinski definition) is 4. The van der Waals surface area contributed by atoms with Gasteiger partial charge in [-0.2, -0.15) is 0 Å². The van der Waals surface area contributed by atoms with Gasteiger partial charge in [-0.1, -0.05) is 36.4 Å². The molecular weight excluding hydrogens is 326 g/mol. The van der Waals surface area contributed by atoms with E-state index in [1.807, 2.05) is 48.5 Å². The molecule has 4 aliphatic heterocycles. The van der Waals surface area contributed by atoms with Gasteiger partial charge in [0.15, 0.2) is 0 Å². The minimum absolute atomic E-state index is 0.0610. The van der Waals surface area contributed by atoms with E-state index in [1.54, 1.807) is 0 Å². The van der Waals surface area contributed by atoms with Crippen LogP contribution in [0.4, 0.5) is 0 Å². The smallest absolute Gasteiger partial charge is 0.232 e. The molecule has 4 heterocycles. The molecule has 2 aromatic carbocycles. The average molecular weight is 349 g/mol. The van der Waals surface area contributed by atoms with Gasteiger partial charge in [-0.3, -0.25) is 14.6 Å². The van der Waals surface area contributed by atoms with Crippen LogP contribution in [0.5, 0.6) is 11.5 Å². The third kappa shape index (κ3) is 2.68. The van der Waals surface area contributed by atoms with Crippen LogP contribution >= 0.6 is 0 Å². The van der Waals surface area contributed by atoms with Crippen LogP contribution in [0.15, 0.2) is 48.5 Å². The molecule has 5 nitrogen and oxygen atoms in total. The standard InChI is InChI=1S/C21H23N3O2/c25-21(22-13-15-14-23-9-11-24(15)12-10-23)20-16-5-1-3-7-18(16)26-19-8-4-2-6-17(19)20/h1-8,15,20H,9-14H2,(H,22,25). The highest BCUT2D eigenvalue weighted by molar-refractivity contribution is 5.89. The lowest BCUT2D eigenvalue weighted by molar-refractivity contribution is -0.122. The average Bonchev–Trinajstić information content (AvgIpc) is 2.71. The first-order valence-corrected chi connectivity index (χ1v) is 9.39. The Bertz CT molecular complexity index is 784. The van der Waals surface area contributed by atoms with E-state index in [0.717, 1.165) is 55.3 Å². The maximum absolute atomic E-state index is 13.2. The van der Waals surface area contributed by atoms with Crippen molar-refractivity contribution < 1.29 is 9.53 Å². The highest BCUT2D eigenvalue weighted by Gasteiger charge is 2.35. The number of piperazine rings is 3. The Labute approximate surface area is 153 Å². The Morgan fingerprint density at radius 2 is 1.58 bits per heavy atom. The maximum atomic E-state index is 13.2. The van der Waals surface area contributed by atoms with Gasteiger partial charge in [-0.15, -0.1) is 0 Å². The fourth-order valence-corrected chi connectivity index (χ4v) is 4.43. The fourth-order valence-electron chi connectivity index (χ4n) is 4.43. The van der Waals surface area contributed by atoms with Crippen LogP contribution in [0.25, 0.3) is 0 Å². The van der Waals surface area contributed by atoms with Crippen molar-refractivity contribution in [1.29, 1.82) is 0 Å². The van der Waals surface area contributed by atoms with Crippen LogP contribution in [0.3, 0.4) is 0 Å². The number of amides is 1. The van der Waals surface area contributed by atoms with E-state index in [-0.39, 0.29) is 11.8 Å². The van der Waals surface area contributed by atoms with Crippen molar-refractivity contribution in [3.8, 4) is 11.5 Å². The second-order valence-electron chi connectivity index (χ2n) is 7.35. The predicted octanol–water partition coefficient (Wildman–Crippen LogP) is 2.04. The SMILES string of the molecule is O=C(NCC1CN2CCN1CC2)C1c2ccccc2Oc2ccccc21. The summed E-state index contributed by atoms with van der Waals surface area (Å²) in [4.78, 5) is 18.2. The molecule has 1 unspecified atom stereocenters. The summed E-state index contributed by atoms with van der Waals surface area (Å²) >= 11 is 0. The maximum Gasteiger partial charge on any atom is 0.232 e. The monoisotopic (exact) mass is 349 g/mol. The molecule has 2 aromatic rings. The lowest BCUT2D eigenvalue weighted by Crippen LogP contribution is -2.63. The van der Waals surface area contributed by atoms with Crippen molar-refractivity contribution in [3.63, 3.8) is 0 Å². The van der Waals surface area contributed by atoms with Gasteiger partial charge in [-0.25, -0.2) is 0 Å². The van der Waals surface area contributed by atoms with Gasteiger partial charge in [-0.05, 0) is 12.1 Å². The third-order valence-electron chi connectivity index (χ3n) is 5.85. The van der Waals surface area contributed by atoms with Gasteiger partial charge in [0.2, 0.25) is 5.91 Å². The molecule has 6 rings (SSSR count). The molecule has 1 N–H and O–H groups in total. The van der Waals surface area contributed by atoms with Gasteiger partial charge in [0.1, 0.15) is 11.5 Å². The number of carbonyl (C=O) groups excluding carboxylic acids is 1. The zero-order chi connectivity index (χ0) is 17.5. The summed E-state index contributed by atoms with van der Waals surface area (Å²) in [5.41, 5.74) is 1.89. The number of rotatable bonds is 3. The van der Waals surface area contributed by atoms with Gasteiger partial charge in [0.25, 0.3) is 0 Å². The van der Waals surface area contributed by atoms with E-state index < -0.39 is 0 Å². The third-order valence-corrected chi connectivity index (χ3v) is 5.85. The van der Waals surface area contributed by atoms with Crippen molar-refractivity contribution in [2.75, 3.05) is 39.3 Å². The molecule has 0 aliphatic carbocycles. The zero-order valence-corrected chi connectivity index (χ0v) is 14.7. The minimum Gasteiger partial charge on any atom is -0.457 e. The molecule has 0 spiro atoms. The molecule has 4 aliphatic rings. The summed E-state index contributed by atoms with van der Waals surface area (Å²) in [6.07, 6.45) is 0. The fraction of sp³-hybridized carbons (Fsp3) is 0.381. The first-order chi connectivity index (χ1) is 12.8. The summed E-state index contributed by atoms with van der Waals surface area (Å²) in [7, 11) is 0. The van der Waals surface area contributed by atoms with Crippen molar-refractivity contribution in [2.24, 2.45) is 0 Å². The summed E-state index contributed by atoms with van der Waals surface area (Å²) < 4.78 is 6.00. The second-order valence-corrected chi connectivity index (χ2v) is 7.35. The normalized spacial score (nSPS) is 26.5. The van der Waals surface area contributed by atoms with Crippen molar-refractivity contribution in [1.82, 2.24) is 15.1 Å². The van der Waals surface area contributed by atoms with Crippen LogP contribution in [-0.4, -0.2) is 61.0 Å². The molecule has 0 aromatic heterocycles. The molecule has 26 heavy (non-hydrogen) atoms. The summed E-state index contributed by atoms with van der Waals surface area (Å²) in [5.74, 6) is 1.30. The van der Waals surface area contributed by atoms with Gasteiger partial charge in [0.05, 0.1) is 5.92 Å². The quantitative estimate of drug-likeness (QED) is 0.921. The number of ether oxygens (including phenoxy) is 1. The highest BCUT2D eigenvalue weighted by atomic mass is 16.5. The molecule has 0 radical (unpaired) electrons. The Morgan fingerprint density at radius 3 is 2.15 bits per heavy atom. The Balaban J connectivity index is 1.38. The Morgan fingerprint density at radius 1 is 0.962 bits per heavy atom.